The third kappa shape index (κ3) is 6.68. The van der Waals surface area contributed by atoms with Gasteiger partial charge in [-0.1, -0.05) is 152 Å². The third-order valence-corrected chi connectivity index (χ3v) is 8.08. The molecule has 0 amide bonds. The molecular formula is C39H38O5. The van der Waals surface area contributed by atoms with E-state index < -0.39 is 30.2 Å². The van der Waals surface area contributed by atoms with Crippen LogP contribution in [-0.2, 0) is 42.5 Å². The fraction of sp³-hybridized carbons (Fsp3) is 0.231. The molecule has 1 aliphatic heterocycles. The minimum atomic E-state index is -0.886. The maximum Gasteiger partial charge on any atom is 0.186 e. The lowest BCUT2D eigenvalue weighted by Crippen LogP contribution is -2.42. The Bertz CT molecular complexity index is 1430. The van der Waals surface area contributed by atoms with Crippen molar-refractivity contribution in [2.24, 2.45) is 0 Å². The van der Waals surface area contributed by atoms with Crippen molar-refractivity contribution >= 4 is 0 Å². The molecule has 0 spiro atoms. The average Bonchev–Trinajstić information content (AvgIpc) is 3.45. The summed E-state index contributed by atoms with van der Waals surface area (Å²) in [5.74, 6) is 0. The number of rotatable bonds is 13. The largest absolute Gasteiger partial charge is 0.368 e. The van der Waals surface area contributed by atoms with E-state index in [0.29, 0.717) is 13.2 Å². The second-order valence-corrected chi connectivity index (χ2v) is 10.9. The van der Waals surface area contributed by atoms with Crippen molar-refractivity contribution < 1.29 is 23.7 Å². The zero-order valence-corrected chi connectivity index (χ0v) is 24.9. The molecule has 1 fully saturated rings. The quantitative estimate of drug-likeness (QED) is 0.133. The molecule has 5 aromatic rings. The molecule has 44 heavy (non-hydrogen) atoms. The summed E-state index contributed by atoms with van der Waals surface area (Å²) >= 11 is 0. The first-order valence-electron chi connectivity index (χ1n) is 15.1. The van der Waals surface area contributed by atoms with Crippen LogP contribution in [0.5, 0.6) is 0 Å². The Morgan fingerprint density at radius 1 is 0.523 bits per heavy atom. The van der Waals surface area contributed by atoms with Crippen LogP contribution in [0.25, 0.3) is 0 Å². The highest BCUT2D eigenvalue weighted by Crippen LogP contribution is 2.41. The molecule has 5 nitrogen and oxygen atoms in total. The van der Waals surface area contributed by atoms with Crippen molar-refractivity contribution in [2.45, 2.75) is 43.4 Å². The van der Waals surface area contributed by atoms with Crippen LogP contribution in [0.1, 0.15) is 27.8 Å². The van der Waals surface area contributed by atoms with E-state index >= 15 is 0 Å². The summed E-state index contributed by atoms with van der Waals surface area (Å²) in [4.78, 5) is 0. The van der Waals surface area contributed by atoms with Crippen molar-refractivity contribution in [1.29, 1.82) is 0 Å². The predicted molar refractivity (Wildman–Crippen MR) is 171 cm³/mol. The molecule has 1 aliphatic rings. The SMILES string of the molecule is COC1O[C@H](COC(c2ccccc2)(c2ccccc2)c2ccccc2)[C@H](OCc2ccccc2)[C@H]1OCc1ccccc1. The molecule has 224 valence electrons. The molecule has 1 unspecified atom stereocenters. The average molecular weight is 587 g/mol. The third-order valence-electron chi connectivity index (χ3n) is 8.08. The van der Waals surface area contributed by atoms with Gasteiger partial charge in [0.2, 0.25) is 0 Å². The Balaban J connectivity index is 1.33. The summed E-state index contributed by atoms with van der Waals surface area (Å²) in [5, 5.41) is 0. The van der Waals surface area contributed by atoms with Gasteiger partial charge < -0.3 is 23.7 Å². The van der Waals surface area contributed by atoms with Gasteiger partial charge in [-0.15, -0.1) is 0 Å². The Hall–Kier alpha value is -4.10. The number of hydrogen-bond acceptors (Lipinski definition) is 5. The first kappa shape index (κ1) is 29.9. The van der Waals surface area contributed by atoms with Crippen LogP contribution in [-0.4, -0.2) is 38.3 Å². The Kier molecular flexibility index (Phi) is 9.93. The van der Waals surface area contributed by atoms with Gasteiger partial charge in [-0.3, -0.25) is 0 Å². The van der Waals surface area contributed by atoms with Gasteiger partial charge >= 0.3 is 0 Å². The van der Waals surface area contributed by atoms with E-state index in [4.69, 9.17) is 23.7 Å². The lowest BCUT2D eigenvalue weighted by Gasteiger charge is -2.37. The number of methoxy groups -OCH3 is 1. The Morgan fingerprint density at radius 2 is 0.909 bits per heavy atom. The van der Waals surface area contributed by atoms with E-state index in [1.165, 1.54) is 0 Å². The zero-order chi connectivity index (χ0) is 30.0. The van der Waals surface area contributed by atoms with Crippen molar-refractivity contribution in [3.63, 3.8) is 0 Å². The lowest BCUT2D eigenvalue weighted by molar-refractivity contribution is -0.173. The Labute approximate surface area is 260 Å². The molecule has 6 rings (SSSR count). The number of ether oxygens (including phenoxy) is 5. The molecule has 0 radical (unpaired) electrons. The molecule has 0 N–H and O–H groups in total. The summed E-state index contributed by atoms with van der Waals surface area (Å²) in [6.07, 6.45) is -1.98. The van der Waals surface area contributed by atoms with E-state index in [2.05, 4.69) is 48.5 Å². The molecule has 5 aromatic carbocycles. The second-order valence-electron chi connectivity index (χ2n) is 10.9. The first-order chi connectivity index (χ1) is 21.8. The van der Waals surface area contributed by atoms with Gasteiger partial charge in [-0.25, -0.2) is 0 Å². The van der Waals surface area contributed by atoms with Gasteiger partial charge in [-0.2, -0.15) is 0 Å². The van der Waals surface area contributed by atoms with Crippen LogP contribution in [0.3, 0.4) is 0 Å². The van der Waals surface area contributed by atoms with E-state index in [9.17, 15) is 0 Å². The van der Waals surface area contributed by atoms with E-state index in [0.717, 1.165) is 27.8 Å². The molecule has 1 saturated heterocycles. The molecule has 0 aromatic heterocycles. The van der Waals surface area contributed by atoms with Gasteiger partial charge in [0.05, 0.1) is 19.8 Å². The van der Waals surface area contributed by atoms with Crippen molar-refractivity contribution in [2.75, 3.05) is 13.7 Å². The maximum atomic E-state index is 7.14. The maximum absolute atomic E-state index is 7.14. The molecule has 1 heterocycles. The van der Waals surface area contributed by atoms with E-state index in [1.807, 2.05) is 103 Å². The van der Waals surface area contributed by atoms with Crippen molar-refractivity contribution in [1.82, 2.24) is 0 Å². The fourth-order valence-electron chi connectivity index (χ4n) is 5.90. The minimum Gasteiger partial charge on any atom is -0.368 e. The highest BCUT2D eigenvalue weighted by Gasteiger charge is 2.48. The fourth-order valence-corrected chi connectivity index (χ4v) is 5.90. The van der Waals surface area contributed by atoms with Crippen molar-refractivity contribution in [3.8, 4) is 0 Å². The van der Waals surface area contributed by atoms with Crippen LogP contribution in [0.2, 0.25) is 0 Å². The predicted octanol–water partition coefficient (Wildman–Crippen LogP) is 7.54. The smallest absolute Gasteiger partial charge is 0.186 e. The van der Waals surface area contributed by atoms with Crippen LogP contribution in [0.4, 0.5) is 0 Å². The molecule has 0 aliphatic carbocycles. The van der Waals surface area contributed by atoms with Gasteiger partial charge in [-0.05, 0) is 27.8 Å². The van der Waals surface area contributed by atoms with Crippen LogP contribution in [0.15, 0.2) is 152 Å². The second kappa shape index (κ2) is 14.6. The van der Waals surface area contributed by atoms with Gasteiger partial charge in [0.15, 0.2) is 6.29 Å². The standard InChI is InChI=1S/C39H38O5/c1-40-38-37(42-28-31-19-9-3-10-20-31)36(41-27-30-17-7-2-8-18-30)35(44-38)29-43-39(32-21-11-4-12-22-32,33-23-13-5-14-24-33)34-25-15-6-16-26-34/h2-26,35-38H,27-29H2,1H3/t35-,36+,37-,38?/m1/s1. The molecule has 4 atom stereocenters. The lowest BCUT2D eigenvalue weighted by atomic mass is 9.80. The van der Waals surface area contributed by atoms with E-state index in [1.54, 1.807) is 7.11 Å². The molecule has 0 bridgehead atoms. The summed E-state index contributed by atoms with van der Waals surface area (Å²) in [7, 11) is 1.64. The molecular weight excluding hydrogens is 548 g/mol. The molecule has 0 saturated carbocycles. The first-order valence-corrected chi connectivity index (χ1v) is 15.1. The molecule has 5 heteroatoms. The summed E-state index contributed by atoms with van der Waals surface area (Å²) in [5.41, 5.74) is 4.33. The number of hydrogen-bond donors (Lipinski definition) is 0. The normalized spacial score (nSPS) is 20.0. The summed E-state index contributed by atoms with van der Waals surface area (Å²) in [6.45, 7) is 1.06. The monoisotopic (exact) mass is 586 g/mol. The summed E-state index contributed by atoms with van der Waals surface area (Å²) < 4.78 is 32.6. The Morgan fingerprint density at radius 3 is 1.32 bits per heavy atom. The van der Waals surface area contributed by atoms with Gasteiger partial charge in [0.25, 0.3) is 0 Å². The highest BCUT2D eigenvalue weighted by molar-refractivity contribution is 5.47. The zero-order valence-electron chi connectivity index (χ0n) is 24.9. The minimum absolute atomic E-state index is 0.239. The number of benzene rings is 5. The highest BCUT2D eigenvalue weighted by atomic mass is 16.7. The van der Waals surface area contributed by atoms with Gasteiger partial charge in [0, 0.05) is 7.11 Å². The van der Waals surface area contributed by atoms with Gasteiger partial charge in [0.1, 0.15) is 23.9 Å². The van der Waals surface area contributed by atoms with Crippen LogP contribution < -0.4 is 0 Å². The topological polar surface area (TPSA) is 46.2 Å². The summed E-state index contributed by atoms with van der Waals surface area (Å²) in [6, 6.07) is 51.3. The van der Waals surface area contributed by atoms with E-state index in [-0.39, 0.29) is 6.61 Å². The van der Waals surface area contributed by atoms with Crippen LogP contribution >= 0.6 is 0 Å². The van der Waals surface area contributed by atoms with Crippen LogP contribution in [0, 0.1) is 0 Å². The van der Waals surface area contributed by atoms with Crippen molar-refractivity contribution in [3.05, 3.63) is 179 Å².